The standard InChI is InChI=1S/C25H32N2O7/c1-5-24(22(29)26-17-21(28)33-6-2,25(31-3,32-4)20-15-11-8-12-16-20)27-23(30)34-18-19-13-9-7-10-14-19/h7-16H,5-6,17-18H2,1-4H3,(H,26,29)(H,27,30)/t24-/m1/s1. The summed E-state index contributed by atoms with van der Waals surface area (Å²) in [5.41, 5.74) is -0.547. The lowest BCUT2D eigenvalue weighted by Gasteiger charge is -2.46. The molecule has 0 aromatic heterocycles. The molecule has 9 heteroatoms. The van der Waals surface area contributed by atoms with Crippen molar-refractivity contribution in [3.8, 4) is 0 Å². The second-order valence-corrected chi connectivity index (χ2v) is 7.32. The molecule has 0 bridgehead atoms. The number of ether oxygens (including phenoxy) is 4. The van der Waals surface area contributed by atoms with Crippen LogP contribution in [0.5, 0.6) is 0 Å². The van der Waals surface area contributed by atoms with Crippen LogP contribution in [0.4, 0.5) is 4.79 Å². The van der Waals surface area contributed by atoms with Gasteiger partial charge < -0.3 is 29.6 Å². The highest BCUT2D eigenvalue weighted by Crippen LogP contribution is 2.40. The van der Waals surface area contributed by atoms with Crippen LogP contribution >= 0.6 is 0 Å². The fourth-order valence-electron chi connectivity index (χ4n) is 3.79. The van der Waals surface area contributed by atoms with Crippen molar-refractivity contribution in [2.24, 2.45) is 0 Å². The van der Waals surface area contributed by atoms with E-state index in [9.17, 15) is 14.4 Å². The van der Waals surface area contributed by atoms with E-state index in [4.69, 9.17) is 18.9 Å². The van der Waals surface area contributed by atoms with Gasteiger partial charge in [0.25, 0.3) is 5.91 Å². The highest BCUT2D eigenvalue weighted by Gasteiger charge is 2.59. The van der Waals surface area contributed by atoms with Gasteiger partial charge in [-0.3, -0.25) is 9.59 Å². The third-order valence-corrected chi connectivity index (χ3v) is 5.44. The molecule has 34 heavy (non-hydrogen) atoms. The van der Waals surface area contributed by atoms with Crippen molar-refractivity contribution >= 4 is 18.0 Å². The molecule has 0 saturated carbocycles. The normalized spacial score (nSPS) is 12.8. The predicted octanol–water partition coefficient (Wildman–Crippen LogP) is 2.89. The van der Waals surface area contributed by atoms with Gasteiger partial charge in [-0.2, -0.15) is 0 Å². The van der Waals surface area contributed by atoms with Gasteiger partial charge in [0.2, 0.25) is 5.79 Å². The molecule has 0 radical (unpaired) electrons. The number of amides is 2. The molecule has 0 aliphatic carbocycles. The van der Waals surface area contributed by atoms with Gasteiger partial charge in [-0.15, -0.1) is 0 Å². The van der Waals surface area contributed by atoms with Gasteiger partial charge in [0.1, 0.15) is 13.2 Å². The molecule has 2 amide bonds. The van der Waals surface area contributed by atoms with Gasteiger partial charge in [0, 0.05) is 19.8 Å². The summed E-state index contributed by atoms with van der Waals surface area (Å²) < 4.78 is 21.9. The van der Waals surface area contributed by atoms with Crippen LogP contribution in [-0.4, -0.2) is 50.9 Å². The molecule has 1 atom stereocenters. The number of hydrogen-bond acceptors (Lipinski definition) is 7. The van der Waals surface area contributed by atoms with Gasteiger partial charge in [0.15, 0.2) is 5.54 Å². The van der Waals surface area contributed by atoms with E-state index < -0.39 is 35.8 Å². The first-order valence-corrected chi connectivity index (χ1v) is 11.0. The average Bonchev–Trinajstić information content (AvgIpc) is 2.87. The minimum absolute atomic E-state index is 0.00475. The molecule has 9 nitrogen and oxygen atoms in total. The number of benzene rings is 2. The first-order chi connectivity index (χ1) is 16.4. The maximum atomic E-state index is 13.6. The Bertz CT molecular complexity index is 933. The Balaban J connectivity index is 2.43. The third-order valence-electron chi connectivity index (χ3n) is 5.44. The van der Waals surface area contributed by atoms with Crippen molar-refractivity contribution in [1.29, 1.82) is 0 Å². The molecule has 2 N–H and O–H groups in total. The molecule has 2 aromatic rings. The van der Waals surface area contributed by atoms with Gasteiger partial charge in [-0.05, 0) is 18.9 Å². The van der Waals surface area contributed by atoms with Crippen LogP contribution in [0.15, 0.2) is 60.7 Å². The van der Waals surface area contributed by atoms with Crippen LogP contribution in [0.2, 0.25) is 0 Å². The number of carbonyl (C=O) groups is 3. The number of rotatable bonds is 12. The topological polar surface area (TPSA) is 112 Å². The average molecular weight is 473 g/mol. The molecule has 0 spiro atoms. The molecule has 0 aliphatic heterocycles. The highest BCUT2D eigenvalue weighted by atomic mass is 16.7. The van der Waals surface area contributed by atoms with E-state index in [0.29, 0.717) is 5.56 Å². The smallest absolute Gasteiger partial charge is 0.408 e. The van der Waals surface area contributed by atoms with Crippen LogP contribution in [0.25, 0.3) is 0 Å². The van der Waals surface area contributed by atoms with E-state index in [-0.39, 0.29) is 19.6 Å². The number of hydrogen-bond donors (Lipinski definition) is 2. The van der Waals surface area contributed by atoms with Crippen molar-refractivity contribution < 1.29 is 33.3 Å². The van der Waals surface area contributed by atoms with Crippen LogP contribution in [0.1, 0.15) is 31.4 Å². The van der Waals surface area contributed by atoms with E-state index >= 15 is 0 Å². The zero-order valence-electron chi connectivity index (χ0n) is 20.0. The van der Waals surface area contributed by atoms with E-state index in [1.807, 2.05) is 30.3 Å². The van der Waals surface area contributed by atoms with Gasteiger partial charge in [-0.25, -0.2) is 4.79 Å². The Labute approximate surface area is 199 Å². The number of carbonyl (C=O) groups excluding carboxylic acids is 3. The minimum Gasteiger partial charge on any atom is -0.465 e. The largest absolute Gasteiger partial charge is 0.465 e. The molecule has 2 rings (SSSR count). The number of methoxy groups -OCH3 is 2. The summed E-state index contributed by atoms with van der Waals surface area (Å²) >= 11 is 0. The van der Waals surface area contributed by atoms with E-state index in [1.54, 1.807) is 44.2 Å². The minimum atomic E-state index is -1.81. The van der Waals surface area contributed by atoms with Crippen molar-refractivity contribution in [3.63, 3.8) is 0 Å². The van der Waals surface area contributed by atoms with Gasteiger partial charge in [0.05, 0.1) is 6.61 Å². The maximum Gasteiger partial charge on any atom is 0.408 e. The van der Waals surface area contributed by atoms with E-state index in [2.05, 4.69) is 10.6 Å². The summed E-state index contributed by atoms with van der Waals surface area (Å²) in [6.45, 7) is 3.12. The summed E-state index contributed by atoms with van der Waals surface area (Å²) in [5, 5.41) is 5.21. The number of esters is 1. The summed E-state index contributed by atoms with van der Waals surface area (Å²) in [7, 11) is 2.74. The van der Waals surface area contributed by atoms with Crippen LogP contribution in [0.3, 0.4) is 0 Å². The summed E-state index contributed by atoms with van der Waals surface area (Å²) in [5.74, 6) is -3.06. The number of nitrogens with one attached hydrogen (secondary N) is 2. The molecular formula is C25H32N2O7. The molecular weight excluding hydrogens is 440 g/mol. The van der Waals surface area contributed by atoms with Crippen LogP contribution in [-0.2, 0) is 40.9 Å². The Kier molecular flexibility index (Phi) is 10.0. The molecule has 0 fully saturated rings. The zero-order chi connectivity index (χ0) is 25.0. The first-order valence-electron chi connectivity index (χ1n) is 11.0. The van der Waals surface area contributed by atoms with Crippen molar-refractivity contribution in [2.45, 2.75) is 38.2 Å². The zero-order valence-corrected chi connectivity index (χ0v) is 20.0. The Morgan fingerprint density at radius 2 is 1.44 bits per heavy atom. The Hall–Kier alpha value is -3.43. The lowest BCUT2D eigenvalue weighted by atomic mass is 9.80. The Morgan fingerprint density at radius 3 is 1.97 bits per heavy atom. The SMILES string of the molecule is CCOC(=O)CNC(=O)[C@@](CC)(NC(=O)OCc1ccccc1)C(OC)(OC)c1ccccc1. The third kappa shape index (κ3) is 5.92. The summed E-state index contributed by atoms with van der Waals surface area (Å²) in [6, 6.07) is 17.9. The molecule has 184 valence electrons. The van der Waals surface area contributed by atoms with Crippen LogP contribution < -0.4 is 10.6 Å². The van der Waals surface area contributed by atoms with E-state index in [0.717, 1.165) is 5.56 Å². The second kappa shape index (κ2) is 12.7. The fraction of sp³-hybridized carbons (Fsp3) is 0.400. The summed E-state index contributed by atoms with van der Waals surface area (Å²) in [6.07, 6.45) is -0.815. The van der Waals surface area contributed by atoms with Gasteiger partial charge >= 0.3 is 12.1 Å². The molecule has 0 saturated heterocycles. The Morgan fingerprint density at radius 1 is 0.853 bits per heavy atom. The monoisotopic (exact) mass is 472 g/mol. The predicted molar refractivity (Wildman–Crippen MR) is 125 cm³/mol. The van der Waals surface area contributed by atoms with Crippen molar-refractivity contribution in [2.75, 3.05) is 27.4 Å². The van der Waals surface area contributed by atoms with Crippen molar-refractivity contribution in [1.82, 2.24) is 10.6 Å². The first kappa shape index (κ1) is 26.8. The maximum absolute atomic E-state index is 13.6. The van der Waals surface area contributed by atoms with E-state index in [1.165, 1.54) is 14.2 Å². The van der Waals surface area contributed by atoms with Gasteiger partial charge in [-0.1, -0.05) is 67.6 Å². The molecule has 0 heterocycles. The molecule has 0 unspecified atom stereocenters. The quantitative estimate of drug-likeness (QED) is 0.361. The molecule has 0 aliphatic rings. The van der Waals surface area contributed by atoms with Crippen LogP contribution in [0, 0.1) is 0 Å². The lowest BCUT2D eigenvalue weighted by molar-refractivity contribution is -0.260. The molecule has 2 aromatic carbocycles. The van der Waals surface area contributed by atoms with Crippen molar-refractivity contribution in [3.05, 3.63) is 71.8 Å². The highest BCUT2D eigenvalue weighted by molar-refractivity contribution is 5.93. The second-order valence-electron chi connectivity index (χ2n) is 7.32. The fourth-order valence-corrected chi connectivity index (χ4v) is 3.79. The lowest BCUT2D eigenvalue weighted by Crippen LogP contribution is -2.71. The number of alkyl carbamates (subject to hydrolysis) is 1. The summed E-state index contributed by atoms with van der Waals surface area (Å²) in [4.78, 5) is 38.4.